The summed E-state index contributed by atoms with van der Waals surface area (Å²) >= 11 is 3.15. The topological polar surface area (TPSA) is 51.5 Å². The Kier molecular flexibility index (Phi) is 5.42. The lowest BCUT2D eigenvalue weighted by Crippen LogP contribution is -2.24. The summed E-state index contributed by atoms with van der Waals surface area (Å²) in [5, 5.41) is 2.80. The van der Waals surface area contributed by atoms with Gasteiger partial charge in [0.15, 0.2) is 4.67 Å². The number of hydrogen-bond donors (Lipinski definition) is 1. The monoisotopic (exact) mass is 275 g/mol. The van der Waals surface area contributed by atoms with Crippen LogP contribution >= 0.6 is 15.9 Å². The van der Waals surface area contributed by atoms with Gasteiger partial charge in [-0.05, 0) is 34.8 Å². The van der Waals surface area contributed by atoms with Crippen LogP contribution in [0.1, 0.15) is 23.2 Å². The molecule has 15 heavy (non-hydrogen) atoms. The third-order valence-corrected chi connectivity index (χ3v) is 2.54. The number of methoxy groups -OCH3 is 1. The highest BCUT2D eigenvalue weighted by atomic mass is 79.9. The van der Waals surface area contributed by atoms with E-state index >= 15 is 0 Å². The van der Waals surface area contributed by atoms with Gasteiger partial charge in [0.1, 0.15) is 0 Å². The maximum absolute atomic E-state index is 11.5. The van der Waals surface area contributed by atoms with E-state index in [0.29, 0.717) is 16.8 Å². The van der Waals surface area contributed by atoms with Crippen molar-refractivity contribution in [3.63, 3.8) is 0 Å². The fourth-order valence-electron chi connectivity index (χ4n) is 1.12. The number of furan rings is 1. The molecule has 4 nitrogen and oxygen atoms in total. The normalized spacial score (nSPS) is 10.3. The molecule has 0 fully saturated rings. The maximum Gasteiger partial charge on any atom is 0.255 e. The predicted octanol–water partition coefficient (Wildman–Crippen LogP) is 2.20. The summed E-state index contributed by atoms with van der Waals surface area (Å²) in [6.07, 6.45) is 3.34. The molecule has 0 bridgehead atoms. The van der Waals surface area contributed by atoms with E-state index in [2.05, 4.69) is 21.2 Å². The third-order valence-electron chi connectivity index (χ3n) is 1.92. The zero-order valence-corrected chi connectivity index (χ0v) is 10.2. The van der Waals surface area contributed by atoms with Gasteiger partial charge in [-0.3, -0.25) is 4.79 Å². The number of ether oxygens (including phenoxy) is 1. The van der Waals surface area contributed by atoms with E-state index in [4.69, 9.17) is 9.15 Å². The molecule has 0 unspecified atom stereocenters. The summed E-state index contributed by atoms with van der Waals surface area (Å²) in [5.41, 5.74) is 0.529. The van der Waals surface area contributed by atoms with E-state index in [1.807, 2.05) is 0 Å². The first-order chi connectivity index (χ1) is 7.25. The molecule has 84 valence electrons. The van der Waals surface area contributed by atoms with Crippen LogP contribution < -0.4 is 5.32 Å². The highest BCUT2D eigenvalue weighted by molar-refractivity contribution is 9.10. The Balaban J connectivity index is 2.22. The first kappa shape index (κ1) is 12.3. The average Bonchev–Trinajstić information content (AvgIpc) is 2.64. The smallest absolute Gasteiger partial charge is 0.255 e. The van der Waals surface area contributed by atoms with Gasteiger partial charge in [0.2, 0.25) is 0 Å². The first-order valence-corrected chi connectivity index (χ1v) is 5.55. The van der Waals surface area contributed by atoms with Gasteiger partial charge in [0, 0.05) is 20.3 Å². The molecule has 1 N–H and O–H groups in total. The molecule has 0 radical (unpaired) electrons. The lowest BCUT2D eigenvalue weighted by molar-refractivity contribution is 0.0949. The Morgan fingerprint density at radius 1 is 1.60 bits per heavy atom. The molecule has 1 rings (SSSR count). The standard InChI is InChI=1S/C10H14BrNO3/c1-14-6-3-2-5-12-10(13)8-4-7-15-9(8)11/h4,7H,2-3,5-6H2,1H3,(H,12,13). The molecule has 0 spiro atoms. The van der Waals surface area contributed by atoms with E-state index < -0.39 is 0 Å². The van der Waals surface area contributed by atoms with Crippen LogP contribution in [0.3, 0.4) is 0 Å². The number of nitrogens with one attached hydrogen (secondary N) is 1. The molecule has 1 heterocycles. The molecular weight excluding hydrogens is 262 g/mol. The van der Waals surface area contributed by atoms with Crippen molar-refractivity contribution in [1.29, 1.82) is 0 Å². The van der Waals surface area contributed by atoms with Gasteiger partial charge in [0.05, 0.1) is 11.8 Å². The Hall–Kier alpha value is -0.810. The molecule has 1 amide bonds. The minimum absolute atomic E-state index is 0.118. The second-order valence-corrected chi connectivity index (χ2v) is 3.78. The number of amides is 1. The Morgan fingerprint density at radius 3 is 3.00 bits per heavy atom. The third kappa shape index (κ3) is 4.05. The predicted molar refractivity (Wildman–Crippen MR) is 59.9 cm³/mol. The summed E-state index contributed by atoms with van der Waals surface area (Å²) in [4.78, 5) is 11.5. The molecule has 1 aromatic rings. The SMILES string of the molecule is COCCCCNC(=O)c1ccoc1Br. The van der Waals surface area contributed by atoms with Gasteiger partial charge in [-0.1, -0.05) is 0 Å². The Bertz CT molecular complexity index is 311. The molecule has 0 saturated carbocycles. The Morgan fingerprint density at radius 2 is 2.40 bits per heavy atom. The number of carbonyl (C=O) groups excluding carboxylic acids is 1. The van der Waals surface area contributed by atoms with E-state index in [-0.39, 0.29) is 5.91 Å². The molecule has 0 aliphatic carbocycles. The molecule has 0 saturated heterocycles. The van der Waals surface area contributed by atoms with Crippen molar-refractivity contribution in [1.82, 2.24) is 5.32 Å². The van der Waals surface area contributed by atoms with Crippen molar-refractivity contribution >= 4 is 21.8 Å². The van der Waals surface area contributed by atoms with Crippen molar-refractivity contribution in [2.45, 2.75) is 12.8 Å². The van der Waals surface area contributed by atoms with Crippen molar-refractivity contribution < 1.29 is 13.9 Å². The molecule has 0 aliphatic rings. The maximum atomic E-state index is 11.5. The zero-order valence-electron chi connectivity index (χ0n) is 8.59. The fraction of sp³-hybridized carbons (Fsp3) is 0.500. The van der Waals surface area contributed by atoms with Gasteiger partial charge in [-0.2, -0.15) is 0 Å². The second-order valence-electron chi connectivity index (χ2n) is 3.06. The summed E-state index contributed by atoms with van der Waals surface area (Å²) in [7, 11) is 1.67. The number of unbranched alkanes of at least 4 members (excludes halogenated alkanes) is 1. The highest BCUT2D eigenvalue weighted by Gasteiger charge is 2.11. The van der Waals surface area contributed by atoms with Crippen LogP contribution in [0.4, 0.5) is 0 Å². The van der Waals surface area contributed by atoms with Crippen molar-refractivity contribution in [2.75, 3.05) is 20.3 Å². The second kappa shape index (κ2) is 6.63. The quantitative estimate of drug-likeness (QED) is 0.810. The average molecular weight is 276 g/mol. The van der Waals surface area contributed by atoms with Crippen LogP contribution in [0.25, 0.3) is 0 Å². The van der Waals surface area contributed by atoms with Crippen LogP contribution in [0.2, 0.25) is 0 Å². The van der Waals surface area contributed by atoms with E-state index in [1.54, 1.807) is 13.2 Å². The number of rotatable bonds is 6. The number of carbonyl (C=O) groups is 1. The van der Waals surface area contributed by atoms with Gasteiger partial charge in [-0.25, -0.2) is 0 Å². The van der Waals surface area contributed by atoms with Crippen molar-refractivity contribution in [3.8, 4) is 0 Å². The minimum Gasteiger partial charge on any atom is -0.457 e. The van der Waals surface area contributed by atoms with Gasteiger partial charge in [-0.15, -0.1) is 0 Å². The lowest BCUT2D eigenvalue weighted by Gasteiger charge is -2.03. The van der Waals surface area contributed by atoms with Gasteiger partial charge < -0.3 is 14.5 Å². The van der Waals surface area contributed by atoms with Gasteiger partial charge in [0.25, 0.3) is 5.91 Å². The molecule has 0 aliphatic heterocycles. The number of halogens is 1. The van der Waals surface area contributed by atoms with Gasteiger partial charge >= 0.3 is 0 Å². The zero-order chi connectivity index (χ0) is 11.1. The van der Waals surface area contributed by atoms with Crippen molar-refractivity contribution in [2.24, 2.45) is 0 Å². The van der Waals surface area contributed by atoms with E-state index in [1.165, 1.54) is 6.26 Å². The fourth-order valence-corrected chi connectivity index (χ4v) is 1.54. The molecule has 0 atom stereocenters. The van der Waals surface area contributed by atoms with Crippen molar-refractivity contribution in [3.05, 3.63) is 22.6 Å². The first-order valence-electron chi connectivity index (χ1n) is 4.76. The van der Waals surface area contributed by atoms with Crippen LogP contribution in [0.15, 0.2) is 21.4 Å². The molecule has 5 heteroatoms. The van der Waals surface area contributed by atoms with Crippen LogP contribution in [0, 0.1) is 0 Å². The van der Waals surface area contributed by atoms with E-state index in [0.717, 1.165) is 19.4 Å². The van der Waals surface area contributed by atoms with Crippen LogP contribution in [-0.2, 0) is 4.74 Å². The number of hydrogen-bond acceptors (Lipinski definition) is 3. The summed E-state index contributed by atoms with van der Waals surface area (Å²) in [5.74, 6) is -0.118. The molecule has 1 aromatic heterocycles. The summed E-state index contributed by atoms with van der Waals surface area (Å²) < 4.78 is 10.3. The van der Waals surface area contributed by atoms with Crippen LogP contribution in [-0.4, -0.2) is 26.2 Å². The Labute approximate surface area is 97.1 Å². The lowest BCUT2D eigenvalue weighted by atomic mass is 10.3. The van der Waals surface area contributed by atoms with E-state index in [9.17, 15) is 4.79 Å². The summed E-state index contributed by atoms with van der Waals surface area (Å²) in [6.45, 7) is 1.38. The minimum atomic E-state index is -0.118. The van der Waals surface area contributed by atoms with Crippen LogP contribution in [0.5, 0.6) is 0 Å². The largest absolute Gasteiger partial charge is 0.457 e. The summed E-state index contributed by atoms with van der Waals surface area (Å²) in [6, 6.07) is 1.63. The highest BCUT2D eigenvalue weighted by Crippen LogP contribution is 2.16. The molecular formula is C10H14BrNO3. The molecule has 0 aromatic carbocycles.